The van der Waals surface area contributed by atoms with Crippen LogP contribution in [0.15, 0.2) is 30.3 Å². The lowest BCUT2D eigenvalue weighted by Gasteiger charge is -2.34. The van der Waals surface area contributed by atoms with Gasteiger partial charge in [0.05, 0.1) is 6.42 Å². The van der Waals surface area contributed by atoms with Crippen molar-refractivity contribution in [2.75, 3.05) is 6.54 Å². The summed E-state index contributed by atoms with van der Waals surface area (Å²) in [5.41, 5.74) is 1.10. The van der Waals surface area contributed by atoms with Gasteiger partial charge >= 0.3 is 5.97 Å². The Hall–Kier alpha value is -1.35. The largest absolute Gasteiger partial charge is 0.481 e. The lowest BCUT2D eigenvalue weighted by Crippen LogP contribution is -2.37. The molecule has 20 heavy (non-hydrogen) atoms. The Morgan fingerprint density at radius 3 is 2.35 bits per heavy atom. The highest BCUT2D eigenvalue weighted by Crippen LogP contribution is 2.27. The van der Waals surface area contributed by atoms with E-state index in [1.807, 2.05) is 30.3 Å². The Morgan fingerprint density at radius 1 is 1.20 bits per heavy atom. The molecular weight excluding hydrogens is 250 g/mol. The van der Waals surface area contributed by atoms with Gasteiger partial charge in [-0.05, 0) is 32.4 Å². The summed E-state index contributed by atoms with van der Waals surface area (Å²) in [6, 6.07) is 10.3. The smallest absolute Gasteiger partial charge is 0.305 e. The number of hydrogen-bond donors (Lipinski definition) is 1. The maximum Gasteiger partial charge on any atom is 0.305 e. The molecule has 1 aromatic rings. The molecule has 0 fully saturated rings. The minimum absolute atomic E-state index is 0.0365. The number of nitrogens with zero attached hydrogens (tertiary/aromatic N) is 1. The zero-order valence-corrected chi connectivity index (χ0v) is 12.9. The number of aliphatic carboxylic acids is 1. The molecule has 1 N–H and O–H groups in total. The first-order valence-corrected chi connectivity index (χ1v) is 7.58. The second-order valence-corrected chi connectivity index (χ2v) is 5.56. The molecule has 0 spiro atoms. The van der Waals surface area contributed by atoms with Gasteiger partial charge in [0.1, 0.15) is 0 Å². The van der Waals surface area contributed by atoms with Gasteiger partial charge in [-0.3, -0.25) is 9.69 Å². The fraction of sp³-hybridized carbons (Fsp3) is 0.588. The molecule has 1 rings (SSSR count). The van der Waals surface area contributed by atoms with Crippen molar-refractivity contribution in [2.24, 2.45) is 0 Å². The number of hydrogen-bond acceptors (Lipinski definition) is 2. The third kappa shape index (κ3) is 5.33. The Labute approximate surface area is 122 Å². The Bertz CT molecular complexity index is 389. The molecule has 3 heteroatoms. The predicted molar refractivity (Wildman–Crippen MR) is 82.8 cm³/mol. The van der Waals surface area contributed by atoms with Crippen LogP contribution < -0.4 is 0 Å². The van der Waals surface area contributed by atoms with Crippen molar-refractivity contribution in [1.29, 1.82) is 0 Å². The summed E-state index contributed by atoms with van der Waals surface area (Å²) in [6.45, 7) is 7.43. The average molecular weight is 277 g/mol. The van der Waals surface area contributed by atoms with Gasteiger partial charge in [-0.1, -0.05) is 50.1 Å². The first-order chi connectivity index (χ1) is 9.56. The highest BCUT2D eigenvalue weighted by molar-refractivity contribution is 5.68. The predicted octanol–water partition coefficient (Wildman–Crippen LogP) is 4.10. The first kappa shape index (κ1) is 16.7. The molecule has 0 bridgehead atoms. The van der Waals surface area contributed by atoms with Gasteiger partial charge in [0.25, 0.3) is 0 Å². The van der Waals surface area contributed by atoms with Crippen LogP contribution in [0.5, 0.6) is 0 Å². The molecule has 0 saturated carbocycles. The molecule has 0 radical (unpaired) electrons. The van der Waals surface area contributed by atoms with Crippen molar-refractivity contribution in [3.8, 4) is 0 Å². The van der Waals surface area contributed by atoms with Crippen molar-refractivity contribution in [3.63, 3.8) is 0 Å². The fourth-order valence-corrected chi connectivity index (χ4v) is 2.59. The number of rotatable bonds is 9. The fourth-order valence-electron chi connectivity index (χ4n) is 2.59. The zero-order chi connectivity index (χ0) is 15.0. The van der Waals surface area contributed by atoms with Crippen molar-refractivity contribution in [3.05, 3.63) is 35.9 Å². The van der Waals surface area contributed by atoms with E-state index in [1.54, 1.807) is 0 Å². The van der Waals surface area contributed by atoms with Crippen molar-refractivity contribution in [2.45, 2.75) is 58.5 Å². The summed E-state index contributed by atoms with van der Waals surface area (Å²) in [7, 11) is 0. The molecule has 0 amide bonds. The van der Waals surface area contributed by atoms with Crippen molar-refractivity contribution < 1.29 is 9.90 Å². The number of carboxylic acids is 1. The molecule has 0 heterocycles. The van der Waals surface area contributed by atoms with E-state index in [2.05, 4.69) is 25.7 Å². The third-order valence-electron chi connectivity index (χ3n) is 3.64. The van der Waals surface area contributed by atoms with Crippen LogP contribution in [0.1, 0.15) is 58.1 Å². The molecule has 0 aromatic heterocycles. The second-order valence-electron chi connectivity index (χ2n) is 5.56. The van der Waals surface area contributed by atoms with E-state index in [0.717, 1.165) is 18.5 Å². The van der Waals surface area contributed by atoms with Gasteiger partial charge in [-0.2, -0.15) is 0 Å². The van der Waals surface area contributed by atoms with E-state index >= 15 is 0 Å². The summed E-state index contributed by atoms with van der Waals surface area (Å²) >= 11 is 0. The molecule has 1 unspecified atom stereocenters. The van der Waals surface area contributed by atoms with Crippen LogP contribution in [-0.2, 0) is 4.79 Å². The van der Waals surface area contributed by atoms with Crippen LogP contribution in [0.3, 0.4) is 0 Å². The summed E-state index contributed by atoms with van der Waals surface area (Å²) in [5, 5.41) is 9.22. The Balaban J connectivity index is 2.90. The summed E-state index contributed by atoms with van der Waals surface area (Å²) in [6.07, 6.45) is 3.66. The van der Waals surface area contributed by atoms with Crippen molar-refractivity contribution in [1.82, 2.24) is 4.90 Å². The molecule has 112 valence electrons. The second kappa shape index (κ2) is 8.75. The maximum absolute atomic E-state index is 11.2. The van der Waals surface area contributed by atoms with E-state index < -0.39 is 5.97 Å². The maximum atomic E-state index is 11.2. The molecule has 1 aromatic carbocycles. The molecular formula is C17H27NO2. The first-order valence-electron chi connectivity index (χ1n) is 7.58. The van der Waals surface area contributed by atoms with Gasteiger partial charge < -0.3 is 5.11 Å². The third-order valence-corrected chi connectivity index (χ3v) is 3.64. The topological polar surface area (TPSA) is 40.5 Å². The quantitative estimate of drug-likeness (QED) is 0.691. The van der Waals surface area contributed by atoms with Crippen LogP contribution in [0.2, 0.25) is 0 Å². The molecule has 1 atom stereocenters. The van der Waals surface area contributed by atoms with Crippen LogP contribution >= 0.6 is 0 Å². The highest BCUT2D eigenvalue weighted by Gasteiger charge is 2.24. The number of carbonyl (C=O) groups is 1. The average Bonchev–Trinajstić information content (AvgIpc) is 2.42. The number of unbranched alkanes of at least 4 members (excludes halogenated alkanes) is 2. The van der Waals surface area contributed by atoms with Crippen LogP contribution in [0.4, 0.5) is 0 Å². The molecule has 0 saturated heterocycles. The van der Waals surface area contributed by atoms with Gasteiger partial charge in [0, 0.05) is 12.1 Å². The van der Waals surface area contributed by atoms with Crippen LogP contribution in [0.25, 0.3) is 0 Å². The van der Waals surface area contributed by atoms with Gasteiger partial charge in [0.15, 0.2) is 0 Å². The number of carboxylic acid groups (broad SMARTS) is 1. The standard InChI is InChI=1S/C17H27NO2/c1-4-5-9-12-18(14(2)3)16(13-17(19)20)15-10-7-6-8-11-15/h6-8,10-11,14,16H,4-5,9,12-13H2,1-3H3,(H,19,20). The molecule has 0 aliphatic heterocycles. The zero-order valence-electron chi connectivity index (χ0n) is 12.9. The molecule has 0 aliphatic rings. The van der Waals surface area contributed by atoms with Gasteiger partial charge in [-0.25, -0.2) is 0 Å². The van der Waals surface area contributed by atoms with Gasteiger partial charge in [0.2, 0.25) is 0 Å². The minimum atomic E-state index is -0.736. The Morgan fingerprint density at radius 2 is 1.85 bits per heavy atom. The Kier molecular flexibility index (Phi) is 7.31. The van der Waals surface area contributed by atoms with E-state index in [4.69, 9.17) is 0 Å². The molecule has 3 nitrogen and oxygen atoms in total. The summed E-state index contributed by atoms with van der Waals surface area (Å²) in [5.74, 6) is -0.736. The van der Waals surface area contributed by atoms with E-state index in [9.17, 15) is 9.90 Å². The monoisotopic (exact) mass is 277 g/mol. The lowest BCUT2D eigenvalue weighted by molar-refractivity contribution is -0.138. The minimum Gasteiger partial charge on any atom is -0.481 e. The van der Waals surface area contributed by atoms with E-state index in [-0.39, 0.29) is 12.5 Å². The van der Waals surface area contributed by atoms with E-state index in [1.165, 1.54) is 12.8 Å². The summed E-state index contributed by atoms with van der Waals surface area (Å²) in [4.78, 5) is 13.5. The lowest BCUT2D eigenvalue weighted by atomic mass is 10.00. The van der Waals surface area contributed by atoms with Gasteiger partial charge in [-0.15, -0.1) is 0 Å². The number of benzene rings is 1. The van der Waals surface area contributed by atoms with Crippen molar-refractivity contribution >= 4 is 5.97 Å². The van der Waals surface area contributed by atoms with E-state index in [0.29, 0.717) is 6.04 Å². The summed E-state index contributed by atoms with van der Waals surface area (Å²) < 4.78 is 0. The SMILES string of the molecule is CCCCCN(C(C)C)C(CC(=O)O)c1ccccc1. The highest BCUT2D eigenvalue weighted by atomic mass is 16.4. The van der Waals surface area contributed by atoms with Crippen LogP contribution in [0, 0.1) is 0 Å². The van der Waals surface area contributed by atoms with Crippen LogP contribution in [-0.4, -0.2) is 28.6 Å². The normalized spacial score (nSPS) is 12.8. The molecule has 0 aliphatic carbocycles.